The summed E-state index contributed by atoms with van der Waals surface area (Å²) in [4.78, 5) is 0. The SMILES string of the molecule is CCCC(C)SC#N. The van der Waals surface area contributed by atoms with Crippen LogP contribution in [0.4, 0.5) is 0 Å². The Hall–Kier alpha value is -0.160. The van der Waals surface area contributed by atoms with Crippen LogP contribution in [0.3, 0.4) is 0 Å². The predicted molar refractivity (Wildman–Crippen MR) is 37.6 cm³/mol. The summed E-state index contributed by atoms with van der Waals surface area (Å²) in [6, 6.07) is 0. The molecule has 1 unspecified atom stereocenters. The molecule has 0 N–H and O–H groups in total. The first-order valence-corrected chi connectivity index (χ1v) is 3.74. The molecule has 0 aromatic carbocycles. The zero-order valence-electron chi connectivity index (χ0n) is 5.35. The fraction of sp³-hybridized carbons (Fsp3) is 0.833. The predicted octanol–water partition coefficient (Wildman–Crippen LogP) is 2.39. The number of rotatable bonds is 3. The number of thioether (sulfide) groups is 1. The lowest BCUT2D eigenvalue weighted by atomic mass is 10.3. The molecule has 2 heteroatoms. The number of thiocyanates is 1. The monoisotopic (exact) mass is 129 g/mol. The Morgan fingerprint density at radius 3 is 2.75 bits per heavy atom. The molecule has 0 rings (SSSR count). The van der Waals surface area contributed by atoms with E-state index in [1.165, 1.54) is 18.2 Å². The maximum atomic E-state index is 8.18. The van der Waals surface area contributed by atoms with Gasteiger partial charge < -0.3 is 0 Å². The summed E-state index contributed by atoms with van der Waals surface area (Å²) >= 11 is 1.36. The Kier molecular flexibility index (Phi) is 4.89. The standard InChI is InChI=1S/C6H11NS/c1-3-4-6(2)8-5-7/h6H,3-4H2,1-2H3. The molecule has 0 aliphatic rings. The highest BCUT2D eigenvalue weighted by Crippen LogP contribution is 2.12. The van der Waals surface area contributed by atoms with Crippen LogP contribution >= 0.6 is 11.8 Å². The fourth-order valence-corrected chi connectivity index (χ4v) is 1.09. The van der Waals surface area contributed by atoms with Gasteiger partial charge in [-0.15, -0.1) is 0 Å². The average molecular weight is 129 g/mol. The van der Waals surface area contributed by atoms with Crippen molar-refractivity contribution in [3.05, 3.63) is 0 Å². The highest BCUT2D eigenvalue weighted by molar-refractivity contribution is 8.04. The smallest absolute Gasteiger partial charge is 0.133 e. The van der Waals surface area contributed by atoms with Gasteiger partial charge in [-0.05, 0) is 18.2 Å². The minimum Gasteiger partial charge on any atom is -0.185 e. The second-order valence-corrected chi connectivity index (χ2v) is 3.03. The van der Waals surface area contributed by atoms with E-state index in [0.717, 1.165) is 6.42 Å². The molecule has 0 aliphatic heterocycles. The van der Waals surface area contributed by atoms with Crippen LogP contribution in [0.1, 0.15) is 26.7 Å². The molecule has 0 radical (unpaired) electrons. The first-order chi connectivity index (χ1) is 3.81. The Morgan fingerprint density at radius 2 is 2.38 bits per heavy atom. The second-order valence-electron chi connectivity index (χ2n) is 1.81. The molecule has 0 fully saturated rings. The first-order valence-electron chi connectivity index (χ1n) is 2.86. The summed E-state index contributed by atoms with van der Waals surface area (Å²) in [5.74, 6) is 0. The van der Waals surface area contributed by atoms with Gasteiger partial charge >= 0.3 is 0 Å². The Labute approximate surface area is 55.1 Å². The van der Waals surface area contributed by atoms with E-state index in [9.17, 15) is 0 Å². The zero-order chi connectivity index (χ0) is 6.41. The average Bonchev–Trinajstić information content (AvgIpc) is 1.68. The summed E-state index contributed by atoms with van der Waals surface area (Å²) in [6.07, 6.45) is 2.33. The van der Waals surface area contributed by atoms with Crippen molar-refractivity contribution in [3.63, 3.8) is 0 Å². The highest BCUT2D eigenvalue weighted by Gasteiger charge is 1.97. The van der Waals surface area contributed by atoms with E-state index in [2.05, 4.69) is 19.2 Å². The molecule has 1 atom stereocenters. The van der Waals surface area contributed by atoms with Crippen LogP contribution in [0, 0.1) is 10.7 Å². The molecule has 0 aromatic rings. The van der Waals surface area contributed by atoms with E-state index in [4.69, 9.17) is 5.26 Å². The van der Waals surface area contributed by atoms with Crippen LogP contribution in [-0.4, -0.2) is 5.25 Å². The molecular weight excluding hydrogens is 118 g/mol. The molecular formula is C6H11NS. The third kappa shape index (κ3) is 4.01. The van der Waals surface area contributed by atoms with Gasteiger partial charge in [0, 0.05) is 5.25 Å². The molecule has 0 spiro atoms. The molecule has 0 saturated carbocycles. The van der Waals surface area contributed by atoms with E-state index in [-0.39, 0.29) is 0 Å². The van der Waals surface area contributed by atoms with Gasteiger partial charge in [0.05, 0.1) is 0 Å². The van der Waals surface area contributed by atoms with Gasteiger partial charge in [-0.2, -0.15) is 5.26 Å². The van der Waals surface area contributed by atoms with Gasteiger partial charge in [0.25, 0.3) is 0 Å². The fourth-order valence-electron chi connectivity index (χ4n) is 0.555. The third-order valence-corrected chi connectivity index (χ3v) is 1.69. The van der Waals surface area contributed by atoms with Crippen molar-refractivity contribution in [1.82, 2.24) is 0 Å². The Morgan fingerprint density at radius 1 is 1.75 bits per heavy atom. The Balaban J connectivity index is 3.08. The molecule has 8 heavy (non-hydrogen) atoms. The van der Waals surface area contributed by atoms with Gasteiger partial charge in [-0.25, -0.2) is 0 Å². The largest absolute Gasteiger partial charge is 0.185 e. The maximum Gasteiger partial charge on any atom is 0.133 e. The van der Waals surface area contributed by atoms with Crippen molar-refractivity contribution in [3.8, 4) is 5.40 Å². The lowest BCUT2D eigenvalue weighted by molar-refractivity contribution is 0.789. The van der Waals surface area contributed by atoms with Gasteiger partial charge in [-0.1, -0.05) is 20.3 Å². The van der Waals surface area contributed by atoms with Gasteiger partial charge in [0.15, 0.2) is 0 Å². The second kappa shape index (κ2) is 4.99. The molecule has 0 aromatic heterocycles. The summed E-state index contributed by atoms with van der Waals surface area (Å²) < 4.78 is 0. The molecule has 46 valence electrons. The van der Waals surface area contributed by atoms with E-state index < -0.39 is 0 Å². The lowest BCUT2D eigenvalue weighted by Gasteiger charge is -1.99. The lowest BCUT2D eigenvalue weighted by Crippen LogP contribution is -1.91. The van der Waals surface area contributed by atoms with Crippen molar-refractivity contribution in [2.24, 2.45) is 0 Å². The maximum absolute atomic E-state index is 8.18. The summed E-state index contributed by atoms with van der Waals surface area (Å²) in [7, 11) is 0. The molecule has 1 nitrogen and oxygen atoms in total. The van der Waals surface area contributed by atoms with Gasteiger partial charge in [0.2, 0.25) is 0 Å². The Bertz CT molecular complexity index is 85.0. The number of nitrogens with zero attached hydrogens (tertiary/aromatic N) is 1. The summed E-state index contributed by atoms with van der Waals surface area (Å²) in [6.45, 7) is 4.21. The van der Waals surface area contributed by atoms with Crippen LogP contribution in [-0.2, 0) is 0 Å². The normalized spacial score (nSPS) is 12.6. The zero-order valence-corrected chi connectivity index (χ0v) is 6.16. The van der Waals surface area contributed by atoms with Crippen molar-refractivity contribution in [2.75, 3.05) is 0 Å². The van der Waals surface area contributed by atoms with Crippen molar-refractivity contribution < 1.29 is 0 Å². The summed E-state index contributed by atoms with van der Waals surface area (Å²) in [5.41, 5.74) is 0. The van der Waals surface area contributed by atoms with Crippen LogP contribution in [0.15, 0.2) is 0 Å². The molecule has 0 amide bonds. The van der Waals surface area contributed by atoms with Crippen LogP contribution < -0.4 is 0 Å². The molecule has 0 heterocycles. The van der Waals surface area contributed by atoms with E-state index in [0.29, 0.717) is 5.25 Å². The minimum absolute atomic E-state index is 0.519. The molecule has 0 bridgehead atoms. The van der Waals surface area contributed by atoms with E-state index in [1.54, 1.807) is 0 Å². The molecule has 0 saturated heterocycles. The van der Waals surface area contributed by atoms with Crippen LogP contribution in [0.2, 0.25) is 0 Å². The van der Waals surface area contributed by atoms with E-state index >= 15 is 0 Å². The number of hydrogen-bond donors (Lipinski definition) is 0. The van der Waals surface area contributed by atoms with Crippen LogP contribution in [0.5, 0.6) is 0 Å². The topological polar surface area (TPSA) is 23.8 Å². The molecule has 0 aliphatic carbocycles. The quantitative estimate of drug-likeness (QED) is 0.546. The van der Waals surface area contributed by atoms with Gasteiger partial charge in [0.1, 0.15) is 5.40 Å². The number of nitriles is 1. The number of hydrogen-bond acceptors (Lipinski definition) is 2. The van der Waals surface area contributed by atoms with Crippen molar-refractivity contribution in [1.29, 1.82) is 5.26 Å². The van der Waals surface area contributed by atoms with Crippen molar-refractivity contribution >= 4 is 11.8 Å². The summed E-state index contributed by atoms with van der Waals surface area (Å²) in [5, 5.41) is 10.8. The van der Waals surface area contributed by atoms with E-state index in [1.807, 2.05) is 0 Å². The van der Waals surface area contributed by atoms with Gasteiger partial charge in [-0.3, -0.25) is 0 Å². The van der Waals surface area contributed by atoms with Crippen LogP contribution in [0.25, 0.3) is 0 Å². The minimum atomic E-state index is 0.519. The third-order valence-electron chi connectivity index (χ3n) is 0.949. The van der Waals surface area contributed by atoms with Crippen molar-refractivity contribution in [2.45, 2.75) is 31.9 Å². The highest BCUT2D eigenvalue weighted by atomic mass is 32.2. The first kappa shape index (κ1) is 7.84.